The lowest BCUT2D eigenvalue weighted by Crippen LogP contribution is -2.42. The molecule has 0 amide bonds. The third-order valence-corrected chi connectivity index (χ3v) is 12.4. The van der Waals surface area contributed by atoms with Crippen LogP contribution in [0.5, 0.6) is 0 Å². The van der Waals surface area contributed by atoms with Crippen LogP contribution in [-0.2, 0) is 9.53 Å². The summed E-state index contributed by atoms with van der Waals surface area (Å²) < 4.78 is 5.10. The van der Waals surface area contributed by atoms with Crippen LogP contribution in [0.1, 0.15) is 65.2 Å². The lowest BCUT2D eigenvalue weighted by Gasteiger charge is -2.33. The lowest BCUT2D eigenvalue weighted by molar-refractivity contribution is -0.121. The molecule has 0 aromatic carbocycles. The Hall–Kier alpha value is -0.420. The number of piperazine rings is 1. The van der Waals surface area contributed by atoms with Gasteiger partial charge in [-0.2, -0.15) is 11.8 Å². The predicted octanol–water partition coefficient (Wildman–Crippen LogP) is 2.64. The van der Waals surface area contributed by atoms with E-state index in [1.807, 2.05) is 14.0 Å². The molecule has 0 aromatic heterocycles. The standard InChI is InChI=1S/C7H15NO.C7H15N.C6H14N2.C6H13NO.C6H11NO.C5H11NO.C5H11NS/c1-7(9)3-5-8(2)6-4-7;2*1-7-3-5-8(2)6-4-7;2*1-7-4-2-6(8)3-5-7;2*1-6-2-4-7-5-3-6/h9H,3-6H2,1-2H3;7H,3-6H2,1-2H3;3-6H2,1-2H3;6,8H,2-5H2,1H3;2-5H2,1H3;2*2-5H2,1H3. The Morgan fingerprint density at radius 3 is 1.18 bits per heavy atom. The van der Waals surface area contributed by atoms with E-state index in [1.165, 1.54) is 76.7 Å². The number of hydrogen-bond acceptors (Lipinski definition) is 13. The van der Waals surface area contributed by atoms with Crippen molar-refractivity contribution in [2.75, 3.05) is 186 Å². The maximum Gasteiger partial charge on any atom is 0.135 e. The van der Waals surface area contributed by atoms with E-state index in [0.29, 0.717) is 5.78 Å². The molecule has 0 spiro atoms. The molecule has 7 aliphatic rings. The van der Waals surface area contributed by atoms with Gasteiger partial charge in [-0.3, -0.25) is 4.79 Å². The van der Waals surface area contributed by atoms with Gasteiger partial charge in [-0.05, 0) is 121 Å². The second kappa shape index (κ2) is 31.5. The number of morpholine rings is 1. The Morgan fingerprint density at radius 2 is 0.873 bits per heavy atom. The highest BCUT2D eigenvalue weighted by molar-refractivity contribution is 7.99. The summed E-state index contributed by atoms with van der Waals surface area (Å²) in [6, 6.07) is 0. The number of Topliss-reactive ketones (excluding diaryl/α,β-unsaturated/α-hetero) is 1. The molecule has 7 rings (SSSR count). The first-order chi connectivity index (χ1) is 26.0. The van der Waals surface area contributed by atoms with Gasteiger partial charge in [0.15, 0.2) is 0 Å². The number of rotatable bonds is 0. The van der Waals surface area contributed by atoms with Gasteiger partial charge in [0.25, 0.3) is 0 Å². The lowest BCUT2D eigenvalue weighted by atomic mass is 9.94. The van der Waals surface area contributed by atoms with Crippen molar-refractivity contribution in [1.82, 2.24) is 39.2 Å². The van der Waals surface area contributed by atoms with Crippen LogP contribution in [0.25, 0.3) is 0 Å². The van der Waals surface area contributed by atoms with Crippen LogP contribution < -0.4 is 0 Å². The van der Waals surface area contributed by atoms with Crippen molar-refractivity contribution in [3.63, 3.8) is 0 Å². The molecule has 0 aliphatic carbocycles. The van der Waals surface area contributed by atoms with E-state index in [2.05, 4.69) is 107 Å². The minimum Gasteiger partial charge on any atom is -0.393 e. The fourth-order valence-corrected chi connectivity index (χ4v) is 7.40. The van der Waals surface area contributed by atoms with Gasteiger partial charge in [0, 0.05) is 116 Å². The summed E-state index contributed by atoms with van der Waals surface area (Å²) in [6.07, 6.45) is 8.05. The molecular formula is C42H90N8O4S. The largest absolute Gasteiger partial charge is 0.393 e. The Bertz CT molecular complexity index is 790. The van der Waals surface area contributed by atoms with Crippen LogP contribution in [0.2, 0.25) is 0 Å². The number of likely N-dealkylation sites (N-methyl/N-ethyl adjacent to an activating group) is 3. The smallest absolute Gasteiger partial charge is 0.135 e. The summed E-state index contributed by atoms with van der Waals surface area (Å²) in [7, 11) is 17.1. The molecule has 7 saturated heterocycles. The molecule has 0 atom stereocenters. The summed E-state index contributed by atoms with van der Waals surface area (Å²) in [5.41, 5.74) is -0.382. The summed E-state index contributed by atoms with van der Waals surface area (Å²) in [4.78, 5) is 29.0. The van der Waals surface area contributed by atoms with Crippen LogP contribution in [-0.4, -0.2) is 253 Å². The van der Waals surface area contributed by atoms with Crippen LogP contribution in [0.3, 0.4) is 0 Å². The summed E-state index contributed by atoms with van der Waals surface area (Å²) in [5.74, 6) is 4.06. The van der Waals surface area contributed by atoms with Gasteiger partial charge in [-0.25, -0.2) is 0 Å². The van der Waals surface area contributed by atoms with Crippen LogP contribution >= 0.6 is 11.8 Å². The van der Waals surface area contributed by atoms with E-state index in [-0.39, 0.29) is 11.7 Å². The van der Waals surface area contributed by atoms with E-state index >= 15 is 0 Å². The van der Waals surface area contributed by atoms with E-state index < -0.39 is 0 Å². The Kier molecular flexibility index (Phi) is 30.1. The number of ketones is 1. The highest BCUT2D eigenvalue weighted by Gasteiger charge is 2.25. The fraction of sp³-hybridized carbons (Fsp3) is 0.976. The third kappa shape index (κ3) is 31.2. The van der Waals surface area contributed by atoms with Gasteiger partial charge in [0.1, 0.15) is 5.78 Å². The second-order valence-corrected chi connectivity index (χ2v) is 18.8. The van der Waals surface area contributed by atoms with E-state index in [4.69, 9.17) is 9.84 Å². The van der Waals surface area contributed by atoms with Crippen molar-refractivity contribution >= 4 is 17.5 Å². The molecule has 7 aliphatic heterocycles. The molecule has 12 nitrogen and oxygen atoms in total. The van der Waals surface area contributed by atoms with Crippen molar-refractivity contribution in [2.45, 2.75) is 76.9 Å². The van der Waals surface area contributed by atoms with E-state index in [0.717, 1.165) is 110 Å². The zero-order valence-corrected chi connectivity index (χ0v) is 38.5. The average Bonchev–Trinajstić information content (AvgIpc) is 3.17. The molecule has 13 heteroatoms. The van der Waals surface area contributed by atoms with Crippen molar-refractivity contribution in [3.05, 3.63) is 0 Å². The molecular weight excluding hydrogens is 713 g/mol. The molecule has 2 N–H and O–H groups in total. The maximum absolute atomic E-state index is 10.6. The molecule has 0 aromatic rings. The molecule has 0 bridgehead atoms. The SMILES string of the molecule is CC1CCN(C)CC1.CN1CCC(=O)CC1.CN1CCC(C)(O)CC1.CN1CCC(O)CC1.CN1CCN(C)CC1.CN1CCOCC1.CN1CCSCC1. The minimum absolute atomic E-state index is 0.0220. The third-order valence-electron chi connectivity index (χ3n) is 11.5. The van der Waals surface area contributed by atoms with Crippen molar-refractivity contribution in [2.24, 2.45) is 5.92 Å². The Labute approximate surface area is 344 Å². The van der Waals surface area contributed by atoms with Gasteiger partial charge in [0.05, 0.1) is 24.9 Å². The fourth-order valence-electron chi connectivity index (χ4n) is 6.32. The number of thioether (sulfide) groups is 1. The molecule has 7 heterocycles. The number of nitrogens with zero attached hydrogens (tertiary/aromatic N) is 8. The molecule has 7 fully saturated rings. The number of aliphatic hydroxyl groups is 2. The van der Waals surface area contributed by atoms with Crippen molar-refractivity contribution in [3.8, 4) is 0 Å². The topological polar surface area (TPSA) is 92.7 Å². The minimum atomic E-state index is -0.382. The summed E-state index contributed by atoms with van der Waals surface area (Å²) >= 11 is 2.06. The van der Waals surface area contributed by atoms with Crippen molar-refractivity contribution < 1.29 is 19.7 Å². The van der Waals surface area contributed by atoms with Gasteiger partial charge in [0.2, 0.25) is 0 Å². The molecule has 0 unspecified atom stereocenters. The number of hydrogen-bond donors (Lipinski definition) is 2. The number of carbonyl (C=O) groups excluding carboxylic acids is 1. The van der Waals surface area contributed by atoms with Crippen LogP contribution in [0.15, 0.2) is 0 Å². The quantitative estimate of drug-likeness (QED) is 0.377. The monoisotopic (exact) mass is 803 g/mol. The van der Waals surface area contributed by atoms with E-state index in [9.17, 15) is 9.90 Å². The summed E-state index contributed by atoms with van der Waals surface area (Å²) in [5, 5.41) is 18.5. The van der Waals surface area contributed by atoms with Gasteiger partial charge < -0.3 is 54.1 Å². The molecule has 328 valence electrons. The molecule has 55 heavy (non-hydrogen) atoms. The molecule has 0 saturated carbocycles. The number of piperidine rings is 4. The highest BCUT2D eigenvalue weighted by Crippen LogP contribution is 2.19. The maximum atomic E-state index is 10.6. The zero-order valence-electron chi connectivity index (χ0n) is 37.7. The zero-order chi connectivity index (χ0) is 41.1. The van der Waals surface area contributed by atoms with Crippen LogP contribution in [0, 0.1) is 5.92 Å². The average molecular weight is 803 g/mol. The highest BCUT2D eigenvalue weighted by atomic mass is 32.2. The number of carbonyl (C=O) groups is 1. The van der Waals surface area contributed by atoms with E-state index in [1.54, 1.807) is 0 Å². The van der Waals surface area contributed by atoms with Gasteiger partial charge >= 0.3 is 0 Å². The first kappa shape index (κ1) is 52.6. The first-order valence-corrected chi connectivity index (χ1v) is 22.8. The number of ether oxygens (including phenoxy) is 1. The Morgan fingerprint density at radius 1 is 0.527 bits per heavy atom. The van der Waals surface area contributed by atoms with Crippen LogP contribution in [0.4, 0.5) is 0 Å². The second-order valence-electron chi connectivity index (χ2n) is 17.6. The Balaban J connectivity index is 0.000000321. The van der Waals surface area contributed by atoms with Gasteiger partial charge in [-0.15, -0.1) is 0 Å². The van der Waals surface area contributed by atoms with Gasteiger partial charge in [-0.1, -0.05) is 6.92 Å². The first-order valence-electron chi connectivity index (χ1n) is 21.6. The number of likely N-dealkylation sites (tertiary alicyclic amines) is 4. The number of aliphatic hydroxyl groups excluding tert-OH is 1. The van der Waals surface area contributed by atoms with Crippen molar-refractivity contribution in [1.29, 1.82) is 0 Å². The normalized spacial score (nSPS) is 26.0. The summed E-state index contributed by atoms with van der Waals surface area (Å²) in [6.45, 7) is 24.5. The predicted molar refractivity (Wildman–Crippen MR) is 236 cm³/mol. The molecule has 0 radical (unpaired) electrons.